The van der Waals surface area contributed by atoms with Gasteiger partial charge in [-0.25, -0.2) is 0 Å². The van der Waals surface area contributed by atoms with E-state index in [1.807, 2.05) is 51.1 Å². The number of rotatable bonds is 3. The number of hydrogen-bond acceptors (Lipinski definition) is 3. The summed E-state index contributed by atoms with van der Waals surface area (Å²) >= 11 is 0. The Morgan fingerprint density at radius 3 is 2.50 bits per heavy atom. The van der Waals surface area contributed by atoms with E-state index in [-0.39, 0.29) is 5.78 Å². The molecule has 0 amide bonds. The van der Waals surface area contributed by atoms with Crippen LogP contribution in [-0.2, 0) is 6.42 Å². The Morgan fingerprint density at radius 1 is 1.11 bits per heavy atom. The van der Waals surface area contributed by atoms with Crippen molar-refractivity contribution in [3.8, 4) is 0 Å². The van der Waals surface area contributed by atoms with E-state index in [2.05, 4.69) is 10.2 Å². The van der Waals surface area contributed by atoms with E-state index >= 15 is 0 Å². The van der Waals surface area contributed by atoms with Gasteiger partial charge < -0.3 is 0 Å². The molecule has 92 valence electrons. The quantitative estimate of drug-likeness (QED) is 0.775. The maximum atomic E-state index is 12.5. The fourth-order valence-electron chi connectivity index (χ4n) is 1.94. The second-order valence-electron chi connectivity index (χ2n) is 4.34. The summed E-state index contributed by atoms with van der Waals surface area (Å²) in [7, 11) is 0. The predicted octanol–water partition coefficient (Wildman–Crippen LogP) is 2.89. The van der Waals surface area contributed by atoms with Crippen molar-refractivity contribution >= 4 is 5.78 Å². The van der Waals surface area contributed by atoms with E-state index in [1.54, 1.807) is 0 Å². The summed E-state index contributed by atoms with van der Waals surface area (Å²) < 4.78 is 0. The number of ketones is 1. The van der Waals surface area contributed by atoms with Crippen LogP contribution in [0.3, 0.4) is 0 Å². The van der Waals surface area contributed by atoms with Crippen molar-refractivity contribution in [2.24, 2.45) is 0 Å². The van der Waals surface area contributed by atoms with E-state index in [4.69, 9.17) is 0 Å². The molecule has 0 N–H and O–H groups in total. The first-order valence-corrected chi connectivity index (χ1v) is 6.07. The van der Waals surface area contributed by atoms with Crippen LogP contribution in [0.4, 0.5) is 0 Å². The van der Waals surface area contributed by atoms with Crippen molar-refractivity contribution < 1.29 is 4.79 Å². The maximum Gasteiger partial charge on any atom is 0.195 e. The van der Waals surface area contributed by atoms with E-state index in [9.17, 15) is 4.79 Å². The maximum absolute atomic E-state index is 12.5. The lowest BCUT2D eigenvalue weighted by Gasteiger charge is -2.08. The summed E-state index contributed by atoms with van der Waals surface area (Å²) in [4.78, 5) is 12.5. The largest absolute Gasteiger partial charge is 0.289 e. The van der Waals surface area contributed by atoms with Gasteiger partial charge in [0.1, 0.15) is 0 Å². The van der Waals surface area contributed by atoms with Crippen molar-refractivity contribution in [2.45, 2.75) is 27.2 Å². The molecule has 0 aliphatic carbocycles. The molecule has 3 heteroatoms. The molecule has 2 rings (SSSR count). The Hall–Kier alpha value is -2.03. The third-order valence-electron chi connectivity index (χ3n) is 2.96. The molecule has 0 bridgehead atoms. The van der Waals surface area contributed by atoms with Crippen molar-refractivity contribution in [1.29, 1.82) is 0 Å². The average molecular weight is 240 g/mol. The Bertz CT molecular complexity index is 591. The molecule has 1 heterocycles. The van der Waals surface area contributed by atoms with Gasteiger partial charge in [0.2, 0.25) is 0 Å². The fourth-order valence-corrected chi connectivity index (χ4v) is 1.94. The highest BCUT2D eigenvalue weighted by Crippen LogP contribution is 2.16. The van der Waals surface area contributed by atoms with E-state index < -0.39 is 0 Å². The smallest absolute Gasteiger partial charge is 0.195 e. The van der Waals surface area contributed by atoms with Crippen LogP contribution in [0, 0.1) is 13.8 Å². The number of carbonyl (C=O) groups is 1. The highest BCUT2D eigenvalue weighted by Gasteiger charge is 2.16. The van der Waals surface area contributed by atoms with E-state index in [0.29, 0.717) is 12.0 Å². The van der Waals surface area contributed by atoms with Gasteiger partial charge in [-0.2, -0.15) is 10.2 Å². The summed E-state index contributed by atoms with van der Waals surface area (Å²) in [5.74, 6) is 0.0305. The van der Waals surface area contributed by atoms with E-state index in [0.717, 1.165) is 22.5 Å². The molecular weight excluding hydrogens is 224 g/mol. The van der Waals surface area contributed by atoms with Gasteiger partial charge in [0, 0.05) is 11.1 Å². The first-order valence-electron chi connectivity index (χ1n) is 6.07. The van der Waals surface area contributed by atoms with Gasteiger partial charge >= 0.3 is 0 Å². The third-order valence-corrected chi connectivity index (χ3v) is 2.96. The number of carbonyl (C=O) groups excluding carboxylic acids is 1. The van der Waals surface area contributed by atoms with Crippen molar-refractivity contribution in [3.63, 3.8) is 0 Å². The van der Waals surface area contributed by atoms with Gasteiger partial charge in [0.15, 0.2) is 5.78 Å². The molecule has 0 spiro atoms. The molecule has 0 saturated carbocycles. The minimum Gasteiger partial charge on any atom is -0.289 e. The van der Waals surface area contributed by atoms with Crippen molar-refractivity contribution in [2.75, 3.05) is 0 Å². The first-order chi connectivity index (χ1) is 8.63. The standard InChI is InChI=1S/C15H16N2O/c1-4-14-13(9-11(3)16-17-14)15(18)12-8-6-5-7-10(12)2/h5-9H,4H2,1-3H3. The minimum atomic E-state index is 0.0305. The van der Waals surface area contributed by atoms with Gasteiger partial charge in [-0.3, -0.25) is 4.79 Å². The fraction of sp³-hybridized carbons (Fsp3) is 0.267. The highest BCUT2D eigenvalue weighted by atomic mass is 16.1. The monoisotopic (exact) mass is 240 g/mol. The predicted molar refractivity (Wildman–Crippen MR) is 70.8 cm³/mol. The molecule has 0 aliphatic heterocycles. The molecule has 0 aliphatic rings. The Labute approximate surface area is 107 Å². The SMILES string of the molecule is CCc1nnc(C)cc1C(=O)c1ccccc1C. The number of hydrogen-bond donors (Lipinski definition) is 0. The summed E-state index contributed by atoms with van der Waals surface area (Å²) in [5, 5.41) is 8.11. The molecular formula is C15H16N2O. The van der Waals surface area contributed by atoms with Crippen LogP contribution in [0.5, 0.6) is 0 Å². The molecule has 0 atom stereocenters. The second-order valence-corrected chi connectivity index (χ2v) is 4.34. The molecule has 0 radical (unpaired) electrons. The van der Waals surface area contributed by atoms with Gasteiger partial charge in [-0.1, -0.05) is 31.2 Å². The van der Waals surface area contributed by atoms with Crippen LogP contribution in [0.2, 0.25) is 0 Å². The summed E-state index contributed by atoms with van der Waals surface area (Å²) in [6.07, 6.45) is 0.709. The Balaban J connectivity index is 2.52. The van der Waals surface area contributed by atoms with Crippen molar-refractivity contribution in [3.05, 3.63) is 58.4 Å². The van der Waals surface area contributed by atoms with Crippen LogP contribution >= 0.6 is 0 Å². The van der Waals surface area contributed by atoms with Gasteiger partial charge in [-0.05, 0) is 31.9 Å². The lowest BCUT2D eigenvalue weighted by Crippen LogP contribution is -2.10. The first kappa shape index (κ1) is 12.4. The summed E-state index contributed by atoms with van der Waals surface area (Å²) in [6, 6.07) is 9.43. The molecule has 18 heavy (non-hydrogen) atoms. The lowest BCUT2D eigenvalue weighted by molar-refractivity contribution is 0.103. The van der Waals surface area contributed by atoms with Gasteiger partial charge in [0.05, 0.1) is 11.4 Å². The number of aromatic nitrogens is 2. The zero-order chi connectivity index (χ0) is 13.1. The van der Waals surface area contributed by atoms with E-state index in [1.165, 1.54) is 0 Å². The normalized spacial score (nSPS) is 10.4. The molecule has 1 aromatic carbocycles. The number of nitrogens with zero attached hydrogens (tertiary/aromatic N) is 2. The minimum absolute atomic E-state index is 0.0305. The number of benzene rings is 1. The summed E-state index contributed by atoms with van der Waals surface area (Å²) in [5.41, 5.74) is 3.91. The molecule has 0 fully saturated rings. The topological polar surface area (TPSA) is 42.9 Å². The van der Waals surface area contributed by atoms with Crippen molar-refractivity contribution in [1.82, 2.24) is 10.2 Å². The molecule has 2 aromatic rings. The van der Waals surface area contributed by atoms with Crippen LogP contribution in [0.1, 0.15) is 39.8 Å². The highest BCUT2D eigenvalue weighted by molar-refractivity contribution is 6.10. The average Bonchev–Trinajstić information content (AvgIpc) is 2.38. The van der Waals surface area contributed by atoms with Crippen LogP contribution < -0.4 is 0 Å². The van der Waals surface area contributed by atoms with Gasteiger partial charge in [0.25, 0.3) is 0 Å². The lowest BCUT2D eigenvalue weighted by atomic mass is 9.97. The van der Waals surface area contributed by atoms with Gasteiger partial charge in [-0.15, -0.1) is 0 Å². The van der Waals surface area contributed by atoms with Crippen LogP contribution in [0.25, 0.3) is 0 Å². The zero-order valence-corrected chi connectivity index (χ0v) is 10.9. The molecule has 3 nitrogen and oxygen atoms in total. The molecule has 0 unspecified atom stereocenters. The molecule has 1 aromatic heterocycles. The summed E-state index contributed by atoms with van der Waals surface area (Å²) in [6.45, 7) is 5.77. The Kier molecular flexibility index (Phi) is 3.51. The number of aryl methyl sites for hydroxylation is 3. The second kappa shape index (κ2) is 5.08. The van der Waals surface area contributed by atoms with Crippen LogP contribution in [-0.4, -0.2) is 16.0 Å². The van der Waals surface area contributed by atoms with Crippen LogP contribution in [0.15, 0.2) is 30.3 Å². The Morgan fingerprint density at radius 2 is 1.83 bits per heavy atom. The zero-order valence-electron chi connectivity index (χ0n) is 10.9. The third kappa shape index (κ3) is 2.30. The molecule has 0 saturated heterocycles.